The number of carboxylic acid groups (broad SMARTS) is 1. The number of nitrogens with one attached hydrogen (secondary N) is 1. The zero-order valence-electron chi connectivity index (χ0n) is 25.0. The van der Waals surface area contributed by atoms with Crippen LogP contribution in [0.25, 0.3) is 11.1 Å². The third-order valence-corrected chi connectivity index (χ3v) is 9.69. The number of carbonyl (C=O) groups excluding carboxylic acids is 2. The number of aliphatic carboxylic acids is 1. The van der Waals surface area contributed by atoms with E-state index >= 15 is 0 Å². The van der Waals surface area contributed by atoms with Gasteiger partial charge in [0.1, 0.15) is 6.04 Å². The van der Waals surface area contributed by atoms with Gasteiger partial charge < -0.3 is 15.3 Å². The Balaban J connectivity index is 1.95. The van der Waals surface area contributed by atoms with Gasteiger partial charge in [-0.3, -0.25) is 9.59 Å². The molecule has 0 aromatic heterocycles. The van der Waals surface area contributed by atoms with Crippen molar-refractivity contribution >= 4 is 41.3 Å². The number of carbonyl (C=O) groups is 3. The van der Waals surface area contributed by atoms with E-state index in [0.717, 1.165) is 40.2 Å². The van der Waals surface area contributed by atoms with Crippen LogP contribution in [0.3, 0.4) is 0 Å². The first-order chi connectivity index (χ1) is 19.7. The molecule has 1 fully saturated rings. The van der Waals surface area contributed by atoms with E-state index in [1.165, 1.54) is 32.1 Å². The molecular formula is C33H46N2O4S2. The molecule has 1 aliphatic carbocycles. The summed E-state index contributed by atoms with van der Waals surface area (Å²) in [7, 11) is 0. The number of aryl methyl sites for hydroxylation is 1. The van der Waals surface area contributed by atoms with Gasteiger partial charge in [-0.2, -0.15) is 23.5 Å². The number of carboxylic acids is 1. The number of thioether (sulfide) groups is 2. The number of rotatable bonds is 15. The van der Waals surface area contributed by atoms with Crippen LogP contribution in [0.15, 0.2) is 42.5 Å². The number of amides is 2. The van der Waals surface area contributed by atoms with Gasteiger partial charge in [0.05, 0.1) is 0 Å². The molecule has 3 rings (SSSR count). The minimum absolute atomic E-state index is 0.0693. The summed E-state index contributed by atoms with van der Waals surface area (Å²) < 4.78 is 0. The Morgan fingerprint density at radius 2 is 1.80 bits per heavy atom. The number of benzene rings is 2. The predicted molar refractivity (Wildman–Crippen MR) is 173 cm³/mol. The predicted octanol–water partition coefficient (Wildman–Crippen LogP) is 7.04. The molecule has 0 saturated heterocycles. The fourth-order valence-corrected chi connectivity index (χ4v) is 7.05. The van der Waals surface area contributed by atoms with Crippen LogP contribution in [-0.4, -0.2) is 63.4 Å². The van der Waals surface area contributed by atoms with Crippen molar-refractivity contribution in [3.63, 3.8) is 0 Å². The first kappa shape index (κ1) is 33.1. The molecule has 2 aromatic carbocycles. The Kier molecular flexibility index (Phi) is 13.6. The van der Waals surface area contributed by atoms with E-state index in [-0.39, 0.29) is 11.9 Å². The molecule has 2 N–H and O–H groups in total. The largest absolute Gasteiger partial charge is 0.480 e. The van der Waals surface area contributed by atoms with Gasteiger partial charge in [-0.1, -0.05) is 69.4 Å². The van der Waals surface area contributed by atoms with Crippen molar-refractivity contribution in [2.45, 2.75) is 84.3 Å². The smallest absolute Gasteiger partial charge is 0.326 e. The third kappa shape index (κ3) is 9.81. The van der Waals surface area contributed by atoms with Gasteiger partial charge >= 0.3 is 5.97 Å². The lowest BCUT2D eigenvalue weighted by molar-refractivity contribution is -0.139. The van der Waals surface area contributed by atoms with Crippen molar-refractivity contribution in [2.24, 2.45) is 5.92 Å². The Hall–Kier alpha value is -2.45. The molecule has 0 radical (unpaired) electrons. The summed E-state index contributed by atoms with van der Waals surface area (Å²) in [5.74, 6) is 1.87. The molecule has 2 amide bonds. The third-order valence-electron chi connectivity index (χ3n) is 8.02. The lowest BCUT2D eigenvalue weighted by Gasteiger charge is -2.35. The standard InChI is InChI=1S/C33H46N2O4S2/c1-5-41-22-27(19-25-12-7-6-8-13-25)35(24(3)36)21-26-15-16-29(30(20-26)28-14-10-9-11-23(28)2)32(37)34-31(33(38)39)17-18-40-4/h9-11,14-16,20,25,27,31H,5-8,12-13,17-19,21-22H2,1-4H3,(H,34,37)(H,38,39)/t27-,31-/m0/s1. The normalized spacial score (nSPS) is 15.2. The lowest BCUT2D eigenvalue weighted by atomic mass is 9.84. The molecule has 224 valence electrons. The van der Waals surface area contributed by atoms with Crippen LogP contribution in [0, 0.1) is 12.8 Å². The number of hydrogen-bond acceptors (Lipinski definition) is 5. The van der Waals surface area contributed by atoms with Crippen molar-refractivity contribution in [1.82, 2.24) is 10.2 Å². The zero-order valence-corrected chi connectivity index (χ0v) is 26.6. The van der Waals surface area contributed by atoms with Crippen molar-refractivity contribution in [1.29, 1.82) is 0 Å². The van der Waals surface area contributed by atoms with Crippen LogP contribution in [0.5, 0.6) is 0 Å². The fourth-order valence-electron chi connectivity index (χ4n) is 5.76. The molecule has 0 aliphatic heterocycles. The highest BCUT2D eigenvalue weighted by Gasteiger charge is 2.27. The SMILES string of the molecule is CCSC[C@H](CC1CCCCC1)N(Cc1ccc(C(=O)N[C@@H](CCSC)C(=O)O)c(-c2ccccc2C)c1)C(C)=O. The van der Waals surface area contributed by atoms with E-state index in [4.69, 9.17) is 0 Å². The molecule has 0 bridgehead atoms. The second-order valence-electron chi connectivity index (χ2n) is 11.0. The topological polar surface area (TPSA) is 86.7 Å². The zero-order chi connectivity index (χ0) is 29.8. The average molecular weight is 599 g/mol. The molecule has 6 nitrogen and oxygen atoms in total. The van der Waals surface area contributed by atoms with Crippen LogP contribution in [-0.2, 0) is 16.1 Å². The molecular weight excluding hydrogens is 553 g/mol. The summed E-state index contributed by atoms with van der Waals surface area (Å²) in [4.78, 5) is 40.4. The summed E-state index contributed by atoms with van der Waals surface area (Å²) in [5, 5.41) is 12.4. The fraction of sp³-hybridized carbons (Fsp3) is 0.545. The van der Waals surface area contributed by atoms with E-state index in [1.54, 1.807) is 24.8 Å². The van der Waals surface area contributed by atoms with E-state index in [0.29, 0.717) is 30.2 Å². The molecule has 41 heavy (non-hydrogen) atoms. The van der Waals surface area contributed by atoms with E-state index in [1.807, 2.05) is 66.2 Å². The first-order valence-electron chi connectivity index (χ1n) is 14.8. The minimum Gasteiger partial charge on any atom is -0.480 e. The number of nitrogens with zero attached hydrogens (tertiary/aromatic N) is 1. The van der Waals surface area contributed by atoms with Crippen LogP contribution in [0.2, 0.25) is 0 Å². The molecule has 0 unspecified atom stereocenters. The second kappa shape index (κ2) is 16.9. The Morgan fingerprint density at radius 1 is 1.07 bits per heavy atom. The van der Waals surface area contributed by atoms with E-state index in [2.05, 4.69) is 12.2 Å². The summed E-state index contributed by atoms with van der Waals surface area (Å²) in [5.41, 5.74) is 4.09. The van der Waals surface area contributed by atoms with Crippen LogP contribution < -0.4 is 5.32 Å². The summed E-state index contributed by atoms with van der Waals surface area (Å²) in [6.45, 7) is 6.30. The molecule has 8 heteroatoms. The summed E-state index contributed by atoms with van der Waals surface area (Å²) >= 11 is 3.44. The van der Waals surface area contributed by atoms with Crippen LogP contribution in [0.4, 0.5) is 0 Å². The summed E-state index contributed by atoms with van der Waals surface area (Å²) in [6, 6.07) is 12.8. The van der Waals surface area contributed by atoms with Crippen LogP contribution >= 0.6 is 23.5 Å². The van der Waals surface area contributed by atoms with E-state index < -0.39 is 17.9 Å². The maximum absolute atomic E-state index is 13.5. The average Bonchev–Trinajstić information content (AvgIpc) is 2.96. The monoisotopic (exact) mass is 598 g/mol. The Morgan fingerprint density at radius 3 is 2.44 bits per heavy atom. The Bertz CT molecular complexity index is 1170. The van der Waals surface area contributed by atoms with Gasteiger partial charge in [0.2, 0.25) is 5.91 Å². The first-order valence-corrected chi connectivity index (χ1v) is 17.4. The quantitative estimate of drug-likeness (QED) is 0.229. The minimum atomic E-state index is -1.03. The van der Waals surface area contributed by atoms with Crippen molar-refractivity contribution in [2.75, 3.05) is 23.5 Å². The molecule has 1 saturated carbocycles. The van der Waals surface area contributed by atoms with Gasteiger partial charge in [-0.25, -0.2) is 4.79 Å². The molecule has 1 aliphatic rings. The number of hydrogen-bond donors (Lipinski definition) is 2. The van der Waals surface area contributed by atoms with Crippen molar-refractivity contribution in [3.05, 3.63) is 59.2 Å². The van der Waals surface area contributed by atoms with Crippen molar-refractivity contribution < 1.29 is 19.5 Å². The maximum atomic E-state index is 13.5. The Labute approximate surface area is 254 Å². The van der Waals surface area contributed by atoms with Gasteiger partial charge in [0.15, 0.2) is 0 Å². The summed E-state index contributed by atoms with van der Waals surface area (Å²) in [6.07, 6.45) is 9.66. The highest BCUT2D eigenvalue weighted by Crippen LogP contribution is 2.32. The van der Waals surface area contributed by atoms with Gasteiger partial charge in [-0.05, 0) is 77.8 Å². The van der Waals surface area contributed by atoms with Gasteiger partial charge in [0, 0.05) is 30.8 Å². The second-order valence-corrected chi connectivity index (χ2v) is 13.3. The highest BCUT2D eigenvalue weighted by atomic mass is 32.2. The van der Waals surface area contributed by atoms with Gasteiger partial charge in [0.25, 0.3) is 5.91 Å². The van der Waals surface area contributed by atoms with Gasteiger partial charge in [-0.15, -0.1) is 0 Å². The highest BCUT2D eigenvalue weighted by molar-refractivity contribution is 7.99. The molecule has 2 atom stereocenters. The molecule has 2 aromatic rings. The molecule has 0 heterocycles. The van der Waals surface area contributed by atoms with Crippen molar-refractivity contribution in [3.8, 4) is 11.1 Å². The van der Waals surface area contributed by atoms with Crippen LogP contribution in [0.1, 0.15) is 80.3 Å². The van der Waals surface area contributed by atoms with E-state index in [9.17, 15) is 19.5 Å². The lowest BCUT2D eigenvalue weighted by Crippen LogP contribution is -2.42. The maximum Gasteiger partial charge on any atom is 0.326 e. The molecule has 0 spiro atoms.